The van der Waals surface area contributed by atoms with Crippen LogP contribution in [0.1, 0.15) is 52.9 Å². The highest BCUT2D eigenvalue weighted by Gasteiger charge is 2.23. The predicted octanol–water partition coefficient (Wildman–Crippen LogP) is 2.23. The second-order valence-electron chi connectivity index (χ2n) is 6.74. The summed E-state index contributed by atoms with van der Waals surface area (Å²) in [6.45, 7) is 10.0. The number of nitrogens with two attached hydrogens (primary N) is 1. The smallest absolute Gasteiger partial charge is 0.0669 e. The Kier molecular flexibility index (Phi) is 6.61. The molecule has 1 fully saturated rings. The first-order valence-corrected chi connectivity index (χ1v) is 7.57. The molecular weight excluding hydrogens is 224 g/mol. The van der Waals surface area contributed by atoms with Crippen LogP contribution in [0, 0.1) is 11.3 Å². The number of aliphatic hydroxyl groups is 1. The summed E-state index contributed by atoms with van der Waals surface area (Å²) in [4.78, 5) is 2.34. The number of hydrogen-bond donors (Lipinski definition) is 2. The summed E-state index contributed by atoms with van der Waals surface area (Å²) in [5, 5.41) is 10.2. The molecule has 0 saturated heterocycles. The molecule has 3 N–H and O–H groups in total. The molecule has 1 aliphatic rings. The normalized spacial score (nSPS) is 19.7. The first-order chi connectivity index (χ1) is 8.46. The zero-order valence-electron chi connectivity index (χ0n) is 12.5. The first kappa shape index (κ1) is 15.9. The van der Waals surface area contributed by atoms with E-state index in [1.54, 1.807) is 0 Å². The van der Waals surface area contributed by atoms with Gasteiger partial charge in [-0.1, -0.05) is 46.5 Å². The van der Waals surface area contributed by atoms with Crippen LogP contribution in [0.3, 0.4) is 0 Å². The van der Waals surface area contributed by atoms with Gasteiger partial charge < -0.3 is 15.7 Å². The zero-order valence-corrected chi connectivity index (χ0v) is 12.5. The van der Waals surface area contributed by atoms with Crippen molar-refractivity contribution >= 4 is 0 Å². The van der Waals surface area contributed by atoms with Crippen LogP contribution in [0.4, 0.5) is 0 Å². The lowest BCUT2D eigenvalue weighted by atomic mass is 9.92. The molecule has 0 amide bonds. The highest BCUT2D eigenvalue weighted by molar-refractivity contribution is 4.78. The van der Waals surface area contributed by atoms with E-state index in [0.29, 0.717) is 6.54 Å². The van der Waals surface area contributed by atoms with E-state index < -0.39 is 0 Å². The maximum atomic E-state index is 10.2. The second-order valence-corrected chi connectivity index (χ2v) is 6.74. The highest BCUT2D eigenvalue weighted by Crippen LogP contribution is 2.28. The van der Waals surface area contributed by atoms with Gasteiger partial charge in [0.1, 0.15) is 0 Å². The van der Waals surface area contributed by atoms with E-state index in [2.05, 4.69) is 25.7 Å². The van der Waals surface area contributed by atoms with Crippen molar-refractivity contribution in [3.63, 3.8) is 0 Å². The molecule has 0 radical (unpaired) electrons. The largest absolute Gasteiger partial charge is 0.392 e. The van der Waals surface area contributed by atoms with Crippen LogP contribution in [0.5, 0.6) is 0 Å². The van der Waals surface area contributed by atoms with Crippen molar-refractivity contribution in [3.05, 3.63) is 0 Å². The third kappa shape index (κ3) is 5.68. The standard InChI is InChI=1S/C15H32N2O/c1-4-17(12-15(2,3)11-16)10-14(18)9-13-7-5-6-8-13/h13-14,18H,4-12,16H2,1-3H3. The molecule has 1 saturated carbocycles. The lowest BCUT2D eigenvalue weighted by Gasteiger charge is -2.32. The van der Waals surface area contributed by atoms with Crippen molar-refractivity contribution in [3.8, 4) is 0 Å². The molecule has 3 heteroatoms. The molecule has 0 spiro atoms. The molecule has 0 aromatic heterocycles. The summed E-state index contributed by atoms with van der Waals surface area (Å²) < 4.78 is 0. The molecule has 0 aromatic rings. The van der Waals surface area contributed by atoms with Gasteiger partial charge in [0, 0.05) is 13.1 Å². The molecule has 1 rings (SSSR count). The number of likely N-dealkylation sites (N-methyl/N-ethyl adjacent to an activating group) is 1. The maximum absolute atomic E-state index is 10.2. The summed E-state index contributed by atoms with van der Waals surface area (Å²) in [5.41, 5.74) is 5.92. The van der Waals surface area contributed by atoms with E-state index in [0.717, 1.165) is 32.0 Å². The van der Waals surface area contributed by atoms with Gasteiger partial charge in [-0.05, 0) is 30.8 Å². The summed E-state index contributed by atoms with van der Waals surface area (Å²) in [7, 11) is 0. The lowest BCUT2D eigenvalue weighted by molar-refractivity contribution is 0.0762. The van der Waals surface area contributed by atoms with E-state index in [-0.39, 0.29) is 11.5 Å². The molecular formula is C15H32N2O. The average Bonchev–Trinajstić information content (AvgIpc) is 2.80. The number of aliphatic hydroxyl groups excluding tert-OH is 1. The van der Waals surface area contributed by atoms with Gasteiger partial charge in [0.25, 0.3) is 0 Å². The van der Waals surface area contributed by atoms with Crippen LogP contribution in [-0.2, 0) is 0 Å². The Bertz CT molecular complexity index is 225. The Labute approximate surface area is 113 Å². The van der Waals surface area contributed by atoms with Crippen LogP contribution in [0.15, 0.2) is 0 Å². The van der Waals surface area contributed by atoms with Gasteiger partial charge >= 0.3 is 0 Å². The van der Waals surface area contributed by atoms with Gasteiger partial charge in [-0.25, -0.2) is 0 Å². The topological polar surface area (TPSA) is 49.5 Å². The van der Waals surface area contributed by atoms with Gasteiger partial charge in [-0.2, -0.15) is 0 Å². The van der Waals surface area contributed by atoms with Crippen LogP contribution < -0.4 is 5.73 Å². The molecule has 3 nitrogen and oxygen atoms in total. The molecule has 0 bridgehead atoms. The Morgan fingerprint density at radius 3 is 2.44 bits per heavy atom. The van der Waals surface area contributed by atoms with E-state index >= 15 is 0 Å². The second kappa shape index (κ2) is 7.46. The van der Waals surface area contributed by atoms with Crippen LogP contribution in [-0.4, -0.2) is 42.3 Å². The predicted molar refractivity (Wildman–Crippen MR) is 77.5 cm³/mol. The van der Waals surface area contributed by atoms with Crippen molar-refractivity contribution in [1.82, 2.24) is 4.90 Å². The fourth-order valence-corrected chi connectivity index (χ4v) is 2.98. The SMILES string of the molecule is CCN(CC(O)CC1CCCC1)CC(C)(C)CN. The van der Waals surface area contributed by atoms with Crippen LogP contribution in [0.2, 0.25) is 0 Å². The van der Waals surface area contributed by atoms with Crippen molar-refractivity contribution in [2.75, 3.05) is 26.2 Å². The summed E-state index contributed by atoms with van der Waals surface area (Å²) in [5.74, 6) is 0.765. The molecule has 18 heavy (non-hydrogen) atoms. The third-order valence-corrected chi connectivity index (χ3v) is 4.20. The number of nitrogens with zero attached hydrogens (tertiary/aromatic N) is 1. The average molecular weight is 256 g/mol. The molecule has 1 atom stereocenters. The van der Waals surface area contributed by atoms with E-state index in [1.165, 1.54) is 25.7 Å². The number of rotatable bonds is 8. The number of hydrogen-bond acceptors (Lipinski definition) is 3. The summed E-state index contributed by atoms with van der Waals surface area (Å²) >= 11 is 0. The van der Waals surface area contributed by atoms with Gasteiger partial charge in [0.05, 0.1) is 6.10 Å². The molecule has 0 aromatic carbocycles. The Hall–Kier alpha value is -0.120. The fraction of sp³-hybridized carbons (Fsp3) is 1.00. The Balaban J connectivity index is 2.32. The first-order valence-electron chi connectivity index (χ1n) is 7.57. The van der Waals surface area contributed by atoms with E-state index in [4.69, 9.17) is 5.73 Å². The highest BCUT2D eigenvalue weighted by atomic mass is 16.3. The Morgan fingerprint density at radius 2 is 1.94 bits per heavy atom. The monoisotopic (exact) mass is 256 g/mol. The molecule has 1 unspecified atom stereocenters. The minimum atomic E-state index is -0.165. The van der Waals surface area contributed by atoms with Gasteiger partial charge in [0.15, 0.2) is 0 Å². The van der Waals surface area contributed by atoms with Crippen molar-refractivity contribution in [2.45, 2.75) is 59.0 Å². The minimum absolute atomic E-state index is 0.142. The lowest BCUT2D eigenvalue weighted by Crippen LogP contribution is -2.42. The van der Waals surface area contributed by atoms with Gasteiger partial charge in [-0.15, -0.1) is 0 Å². The maximum Gasteiger partial charge on any atom is 0.0669 e. The van der Waals surface area contributed by atoms with Crippen LogP contribution in [0.25, 0.3) is 0 Å². The van der Waals surface area contributed by atoms with E-state index in [1.807, 2.05) is 0 Å². The van der Waals surface area contributed by atoms with Gasteiger partial charge in [0.2, 0.25) is 0 Å². The van der Waals surface area contributed by atoms with Crippen molar-refractivity contribution in [1.29, 1.82) is 0 Å². The Morgan fingerprint density at radius 1 is 1.33 bits per heavy atom. The summed E-state index contributed by atoms with van der Waals surface area (Å²) in [6, 6.07) is 0. The molecule has 1 aliphatic carbocycles. The fourth-order valence-electron chi connectivity index (χ4n) is 2.98. The quantitative estimate of drug-likeness (QED) is 0.700. The van der Waals surface area contributed by atoms with Crippen LogP contribution >= 0.6 is 0 Å². The summed E-state index contributed by atoms with van der Waals surface area (Å²) in [6.07, 6.45) is 6.17. The third-order valence-electron chi connectivity index (χ3n) is 4.20. The zero-order chi connectivity index (χ0) is 13.6. The molecule has 108 valence electrons. The molecule has 0 heterocycles. The van der Waals surface area contributed by atoms with Crippen molar-refractivity contribution < 1.29 is 5.11 Å². The van der Waals surface area contributed by atoms with E-state index in [9.17, 15) is 5.11 Å². The minimum Gasteiger partial charge on any atom is -0.392 e. The van der Waals surface area contributed by atoms with Crippen molar-refractivity contribution in [2.24, 2.45) is 17.1 Å². The van der Waals surface area contributed by atoms with Gasteiger partial charge in [-0.3, -0.25) is 0 Å². The molecule has 0 aliphatic heterocycles.